The average molecular weight is 487 g/mol. The molecule has 0 radical (unpaired) electrons. The van der Waals surface area contributed by atoms with Crippen LogP contribution in [0.3, 0.4) is 0 Å². The molecule has 1 aromatic heterocycles. The number of halogens is 1. The Bertz CT molecular complexity index is 955. The fourth-order valence-electron chi connectivity index (χ4n) is 3.93. The van der Waals surface area contributed by atoms with Gasteiger partial charge in [-0.2, -0.15) is 0 Å². The number of nitrogens with zero attached hydrogens (tertiary/aromatic N) is 5. The first-order valence-electron chi connectivity index (χ1n) is 12.1. The Hall–Kier alpha value is -2.87. The number of amides is 3. The van der Waals surface area contributed by atoms with Gasteiger partial charge in [-0.1, -0.05) is 43.6 Å². The maximum Gasteiger partial charge on any atom is 0.318 e. The fraction of sp³-hybridized carbons (Fsp3) is 0.520. The van der Waals surface area contributed by atoms with E-state index in [-0.39, 0.29) is 24.5 Å². The quantitative estimate of drug-likeness (QED) is 0.608. The summed E-state index contributed by atoms with van der Waals surface area (Å²) in [5.41, 5.74) is 1.58. The largest absolute Gasteiger partial charge is 0.353 e. The smallest absolute Gasteiger partial charge is 0.318 e. The Morgan fingerprint density at radius 3 is 2.56 bits per heavy atom. The Kier molecular flexibility index (Phi) is 9.51. The van der Waals surface area contributed by atoms with Gasteiger partial charge in [0.2, 0.25) is 5.91 Å². The number of aromatic nitrogens is 2. The van der Waals surface area contributed by atoms with Gasteiger partial charge in [-0.25, -0.2) is 4.79 Å². The monoisotopic (exact) mass is 486 g/mol. The van der Waals surface area contributed by atoms with Crippen LogP contribution in [-0.2, 0) is 4.79 Å². The number of nitrogens with one attached hydrogen (secondary N) is 1. The van der Waals surface area contributed by atoms with Gasteiger partial charge in [0, 0.05) is 44.3 Å². The third-order valence-corrected chi connectivity index (χ3v) is 6.52. The van der Waals surface area contributed by atoms with Crippen LogP contribution in [0.5, 0.6) is 0 Å². The van der Waals surface area contributed by atoms with Crippen LogP contribution < -0.4 is 10.2 Å². The van der Waals surface area contributed by atoms with Crippen molar-refractivity contribution in [2.45, 2.75) is 46.1 Å². The minimum Gasteiger partial charge on any atom is -0.353 e. The standard InChI is InChI=1S/C25H35ClN6O2/c1-4-13-27-25(34)32(19(3)5-2)18-24(33)31-15-8-14-30(16-17-31)23-12-11-22(28-29-23)20-9-6-7-10-21(20)26/h6-7,9-12,19H,4-5,8,13-18H2,1-3H3,(H,27,34)/t19-/m0/s1. The highest BCUT2D eigenvalue weighted by molar-refractivity contribution is 6.33. The molecule has 184 valence electrons. The van der Waals surface area contributed by atoms with E-state index in [9.17, 15) is 9.59 Å². The van der Waals surface area contributed by atoms with Crippen LogP contribution in [0, 0.1) is 0 Å². The molecule has 1 aliphatic rings. The van der Waals surface area contributed by atoms with E-state index in [4.69, 9.17) is 11.6 Å². The lowest BCUT2D eigenvalue weighted by molar-refractivity contribution is -0.132. The fourth-order valence-corrected chi connectivity index (χ4v) is 4.16. The van der Waals surface area contributed by atoms with Crippen LogP contribution in [0.15, 0.2) is 36.4 Å². The van der Waals surface area contributed by atoms with E-state index in [0.717, 1.165) is 42.9 Å². The van der Waals surface area contributed by atoms with Crippen molar-refractivity contribution in [2.24, 2.45) is 0 Å². The van der Waals surface area contributed by atoms with Crippen molar-refractivity contribution < 1.29 is 9.59 Å². The van der Waals surface area contributed by atoms with Gasteiger partial charge >= 0.3 is 6.03 Å². The number of carbonyl (C=O) groups excluding carboxylic acids is 2. The minimum absolute atomic E-state index is 0.00353. The summed E-state index contributed by atoms with van der Waals surface area (Å²) in [5, 5.41) is 12.3. The van der Waals surface area contributed by atoms with Gasteiger partial charge in [0.1, 0.15) is 6.54 Å². The lowest BCUT2D eigenvalue weighted by Gasteiger charge is -2.31. The van der Waals surface area contributed by atoms with Crippen LogP contribution in [0.4, 0.5) is 10.6 Å². The molecule has 34 heavy (non-hydrogen) atoms. The van der Waals surface area contributed by atoms with E-state index in [1.165, 1.54) is 0 Å². The lowest BCUT2D eigenvalue weighted by atomic mass is 10.1. The predicted molar refractivity (Wildman–Crippen MR) is 136 cm³/mol. The van der Waals surface area contributed by atoms with Gasteiger partial charge in [-0.3, -0.25) is 4.79 Å². The third-order valence-electron chi connectivity index (χ3n) is 6.19. The van der Waals surface area contributed by atoms with Crippen LogP contribution >= 0.6 is 11.6 Å². The zero-order valence-corrected chi connectivity index (χ0v) is 21.1. The van der Waals surface area contributed by atoms with Gasteiger partial charge in [0.05, 0.1) is 10.7 Å². The van der Waals surface area contributed by atoms with Crippen LogP contribution in [0.1, 0.15) is 40.0 Å². The van der Waals surface area contributed by atoms with E-state index < -0.39 is 0 Å². The zero-order chi connectivity index (χ0) is 24.5. The molecule has 0 unspecified atom stereocenters. The molecule has 0 spiro atoms. The van der Waals surface area contributed by atoms with Gasteiger partial charge in [0.25, 0.3) is 0 Å². The Labute approximate surface area is 207 Å². The number of hydrogen-bond donors (Lipinski definition) is 1. The molecule has 2 heterocycles. The first-order valence-corrected chi connectivity index (χ1v) is 12.5. The Balaban J connectivity index is 1.61. The molecule has 3 rings (SSSR count). The van der Waals surface area contributed by atoms with E-state index in [0.29, 0.717) is 31.2 Å². The minimum atomic E-state index is -0.171. The highest BCUT2D eigenvalue weighted by atomic mass is 35.5. The summed E-state index contributed by atoms with van der Waals surface area (Å²) in [5.74, 6) is 0.763. The molecule has 1 N–H and O–H groups in total. The van der Waals surface area contributed by atoms with Crippen molar-refractivity contribution in [3.05, 3.63) is 41.4 Å². The van der Waals surface area contributed by atoms with Crippen molar-refractivity contribution in [1.82, 2.24) is 25.3 Å². The van der Waals surface area contributed by atoms with Crippen LogP contribution in [0.25, 0.3) is 11.3 Å². The van der Waals surface area contributed by atoms with Crippen molar-refractivity contribution in [2.75, 3.05) is 44.2 Å². The number of benzene rings is 1. The summed E-state index contributed by atoms with van der Waals surface area (Å²) >= 11 is 6.28. The third kappa shape index (κ3) is 6.59. The molecule has 2 aromatic rings. The van der Waals surface area contributed by atoms with Gasteiger partial charge in [0.15, 0.2) is 5.82 Å². The molecule has 1 fully saturated rings. The van der Waals surface area contributed by atoms with E-state index in [1.54, 1.807) is 4.90 Å². The maximum atomic E-state index is 13.1. The molecule has 1 atom stereocenters. The maximum absolute atomic E-state index is 13.1. The normalized spacial score (nSPS) is 14.9. The first kappa shape index (κ1) is 25.7. The molecular formula is C25H35ClN6O2. The summed E-state index contributed by atoms with van der Waals surface area (Å²) in [6, 6.07) is 11.3. The number of urea groups is 1. The molecule has 8 nitrogen and oxygen atoms in total. The molecule has 3 amide bonds. The zero-order valence-electron chi connectivity index (χ0n) is 20.3. The number of anilines is 1. The number of hydrogen-bond acceptors (Lipinski definition) is 5. The highest BCUT2D eigenvalue weighted by Crippen LogP contribution is 2.26. The average Bonchev–Trinajstić information content (AvgIpc) is 3.12. The van der Waals surface area contributed by atoms with E-state index >= 15 is 0 Å². The van der Waals surface area contributed by atoms with E-state index in [2.05, 4.69) is 20.4 Å². The summed E-state index contributed by atoms with van der Waals surface area (Å²) in [4.78, 5) is 31.3. The summed E-state index contributed by atoms with van der Waals surface area (Å²) in [7, 11) is 0. The number of rotatable bonds is 8. The summed E-state index contributed by atoms with van der Waals surface area (Å²) < 4.78 is 0. The van der Waals surface area contributed by atoms with Crippen LogP contribution in [0.2, 0.25) is 5.02 Å². The highest BCUT2D eigenvalue weighted by Gasteiger charge is 2.26. The molecule has 0 aliphatic carbocycles. The van der Waals surface area contributed by atoms with Crippen molar-refractivity contribution in [3.8, 4) is 11.3 Å². The second-order valence-electron chi connectivity index (χ2n) is 8.60. The molecule has 1 aliphatic heterocycles. The van der Waals surface area contributed by atoms with E-state index in [1.807, 2.05) is 62.1 Å². The second kappa shape index (κ2) is 12.6. The Morgan fingerprint density at radius 1 is 1.09 bits per heavy atom. The van der Waals surface area contributed by atoms with Gasteiger partial charge in [-0.05, 0) is 44.4 Å². The lowest BCUT2D eigenvalue weighted by Crippen LogP contribution is -2.50. The topological polar surface area (TPSA) is 81.7 Å². The molecule has 9 heteroatoms. The van der Waals surface area contributed by atoms with Crippen molar-refractivity contribution in [3.63, 3.8) is 0 Å². The predicted octanol–water partition coefficient (Wildman–Crippen LogP) is 4.06. The SMILES string of the molecule is CCCNC(=O)N(CC(=O)N1CCCN(c2ccc(-c3ccccc3Cl)nn2)CC1)[C@@H](C)CC. The van der Waals surface area contributed by atoms with Gasteiger partial charge < -0.3 is 20.0 Å². The molecule has 1 saturated heterocycles. The molecule has 0 bridgehead atoms. The first-order chi connectivity index (χ1) is 16.4. The van der Waals surface area contributed by atoms with Crippen molar-refractivity contribution in [1.29, 1.82) is 0 Å². The van der Waals surface area contributed by atoms with Crippen LogP contribution in [-0.4, -0.2) is 77.2 Å². The summed E-state index contributed by atoms with van der Waals surface area (Å²) in [6.07, 6.45) is 2.48. The van der Waals surface area contributed by atoms with Crippen molar-refractivity contribution >= 4 is 29.4 Å². The van der Waals surface area contributed by atoms with Gasteiger partial charge in [-0.15, -0.1) is 10.2 Å². The molecular weight excluding hydrogens is 452 g/mol. The second-order valence-corrected chi connectivity index (χ2v) is 9.00. The summed E-state index contributed by atoms with van der Waals surface area (Å²) in [6.45, 7) is 9.41. The Morgan fingerprint density at radius 2 is 1.88 bits per heavy atom. The molecule has 1 aromatic carbocycles. The number of carbonyl (C=O) groups is 2. The molecule has 0 saturated carbocycles.